The Labute approximate surface area is 176 Å². The molecular weight excluding hydrogens is 382 g/mol. The van der Waals surface area contributed by atoms with Gasteiger partial charge in [-0.2, -0.15) is 0 Å². The number of benzene rings is 1. The molecule has 1 atom stereocenters. The van der Waals surface area contributed by atoms with Gasteiger partial charge in [-0.1, -0.05) is 0 Å². The second-order valence-electron chi connectivity index (χ2n) is 7.97. The number of nitrogens with one attached hydrogen (secondary N) is 3. The van der Waals surface area contributed by atoms with Crippen LogP contribution in [0.1, 0.15) is 48.4 Å². The van der Waals surface area contributed by atoms with Crippen molar-refractivity contribution in [3.63, 3.8) is 0 Å². The first-order valence-corrected chi connectivity index (χ1v) is 10.6. The van der Waals surface area contributed by atoms with Gasteiger partial charge in [0.1, 0.15) is 11.8 Å². The lowest BCUT2D eigenvalue weighted by molar-refractivity contribution is -0.134. The molecule has 0 radical (unpaired) electrons. The van der Waals surface area contributed by atoms with Crippen molar-refractivity contribution in [1.29, 1.82) is 0 Å². The van der Waals surface area contributed by atoms with Gasteiger partial charge >= 0.3 is 0 Å². The number of hydrogen-bond acceptors (Lipinski definition) is 5. The number of carbonyl (C=O) groups is 2. The standard InChI is InChI=1S/C22H29N5O3/c1-3-30-17-6-4-16(5-7-17)20(28)26-15(2)21(29)27-12-9-22(10-13-27)19-18(8-11-25-22)23-14-24-19/h4-7,14-15,25H,3,8-13H2,1-2H3,(H,23,24)(H,26,28)/t15-/m1/s1. The Hall–Kier alpha value is -2.87. The van der Waals surface area contributed by atoms with Crippen molar-refractivity contribution in [3.8, 4) is 5.75 Å². The summed E-state index contributed by atoms with van der Waals surface area (Å²) < 4.78 is 5.40. The summed E-state index contributed by atoms with van der Waals surface area (Å²) in [5.41, 5.74) is 2.65. The van der Waals surface area contributed by atoms with Crippen molar-refractivity contribution in [2.75, 3.05) is 26.2 Å². The van der Waals surface area contributed by atoms with E-state index in [1.807, 2.05) is 11.8 Å². The van der Waals surface area contributed by atoms with Crippen LogP contribution in [-0.4, -0.2) is 59.0 Å². The van der Waals surface area contributed by atoms with Crippen LogP contribution in [0.15, 0.2) is 30.6 Å². The highest BCUT2D eigenvalue weighted by Crippen LogP contribution is 2.35. The predicted molar refractivity (Wildman–Crippen MR) is 112 cm³/mol. The summed E-state index contributed by atoms with van der Waals surface area (Å²) in [5.74, 6) is 0.404. The van der Waals surface area contributed by atoms with Gasteiger partial charge in [0.15, 0.2) is 0 Å². The van der Waals surface area contributed by atoms with Crippen LogP contribution in [0.5, 0.6) is 5.75 Å². The molecule has 2 aromatic rings. The Morgan fingerprint density at radius 3 is 2.70 bits per heavy atom. The van der Waals surface area contributed by atoms with Gasteiger partial charge in [0, 0.05) is 37.3 Å². The second-order valence-corrected chi connectivity index (χ2v) is 7.97. The first-order chi connectivity index (χ1) is 14.5. The van der Waals surface area contributed by atoms with Crippen molar-refractivity contribution in [3.05, 3.63) is 47.5 Å². The van der Waals surface area contributed by atoms with E-state index in [0.717, 1.165) is 37.3 Å². The third-order valence-electron chi connectivity index (χ3n) is 6.08. The fraction of sp³-hybridized carbons (Fsp3) is 0.500. The van der Waals surface area contributed by atoms with Crippen LogP contribution >= 0.6 is 0 Å². The molecule has 160 valence electrons. The Kier molecular flexibility index (Phi) is 5.76. The molecule has 1 fully saturated rings. The Morgan fingerprint density at radius 2 is 2.00 bits per heavy atom. The van der Waals surface area contributed by atoms with Gasteiger partial charge in [0.25, 0.3) is 5.91 Å². The number of nitrogens with zero attached hydrogens (tertiary/aromatic N) is 2. The number of rotatable bonds is 5. The number of amides is 2. The average molecular weight is 412 g/mol. The molecule has 30 heavy (non-hydrogen) atoms. The first-order valence-electron chi connectivity index (χ1n) is 10.6. The van der Waals surface area contributed by atoms with Gasteiger partial charge in [-0.25, -0.2) is 4.98 Å². The van der Waals surface area contributed by atoms with Crippen LogP contribution in [0, 0.1) is 0 Å². The lowest BCUT2D eigenvalue weighted by Gasteiger charge is -2.44. The zero-order valence-corrected chi connectivity index (χ0v) is 17.5. The highest BCUT2D eigenvalue weighted by atomic mass is 16.5. The van der Waals surface area contributed by atoms with E-state index >= 15 is 0 Å². The molecule has 1 spiro atoms. The Bertz CT molecular complexity index is 900. The molecule has 4 rings (SSSR count). The zero-order valence-electron chi connectivity index (χ0n) is 17.5. The summed E-state index contributed by atoms with van der Waals surface area (Å²) in [6.07, 6.45) is 4.34. The van der Waals surface area contributed by atoms with Crippen LogP contribution in [-0.2, 0) is 16.8 Å². The summed E-state index contributed by atoms with van der Waals surface area (Å²) in [4.78, 5) is 35.1. The van der Waals surface area contributed by atoms with E-state index in [0.29, 0.717) is 25.3 Å². The van der Waals surface area contributed by atoms with E-state index in [1.54, 1.807) is 37.5 Å². The molecule has 2 amide bonds. The minimum atomic E-state index is -0.585. The van der Waals surface area contributed by atoms with Crippen molar-refractivity contribution in [2.24, 2.45) is 0 Å². The molecule has 0 aliphatic carbocycles. The van der Waals surface area contributed by atoms with Crippen molar-refractivity contribution in [1.82, 2.24) is 25.5 Å². The monoisotopic (exact) mass is 411 g/mol. The highest BCUT2D eigenvalue weighted by molar-refractivity contribution is 5.97. The number of carbonyl (C=O) groups excluding carboxylic acids is 2. The summed E-state index contributed by atoms with van der Waals surface area (Å²) in [7, 11) is 0. The number of H-pyrrole nitrogens is 1. The van der Waals surface area contributed by atoms with E-state index in [4.69, 9.17) is 4.74 Å². The minimum Gasteiger partial charge on any atom is -0.494 e. The van der Waals surface area contributed by atoms with Gasteiger partial charge in [-0.05, 0) is 51.0 Å². The molecule has 3 heterocycles. The molecule has 8 heteroatoms. The molecular formula is C22H29N5O3. The minimum absolute atomic E-state index is 0.0535. The fourth-order valence-corrected chi connectivity index (χ4v) is 4.44. The Morgan fingerprint density at radius 1 is 1.27 bits per heavy atom. The molecule has 2 aliphatic heterocycles. The summed E-state index contributed by atoms with van der Waals surface area (Å²) >= 11 is 0. The van der Waals surface area contributed by atoms with E-state index < -0.39 is 6.04 Å². The molecule has 1 aromatic carbocycles. The van der Waals surface area contributed by atoms with Crippen LogP contribution in [0.3, 0.4) is 0 Å². The lowest BCUT2D eigenvalue weighted by atomic mass is 9.80. The van der Waals surface area contributed by atoms with E-state index in [9.17, 15) is 9.59 Å². The zero-order chi connectivity index (χ0) is 21.1. The molecule has 8 nitrogen and oxygen atoms in total. The average Bonchev–Trinajstić information content (AvgIpc) is 3.25. The Balaban J connectivity index is 1.33. The number of fused-ring (bicyclic) bond motifs is 2. The van der Waals surface area contributed by atoms with Crippen molar-refractivity contribution >= 4 is 11.8 Å². The van der Waals surface area contributed by atoms with Gasteiger partial charge in [0.2, 0.25) is 5.91 Å². The van der Waals surface area contributed by atoms with E-state index in [-0.39, 0.29) is 17.4 Å². The van der Waals surface area contributed by atoms with Crippen molar-refractivity contribution < 1.29 is 14.3 Å². The highest BCUT2D eigenvalue weighted by Gasteiger charge is 2.42. The number of hydrogen-bond donors (Lipinski definition) is 3. The third-order valence-corrected chi connectivity index (χ3v) is 6.08. The van der Waals surface area contributed by atoms with Crippen LogP contribution < -0.4 is 15.4 Å². The summed E-state index contributed by atoms with van der Waals surface area (Å²) in [5, 5.41) is 6.46. The second kappa shape index (κ2) is 8.47. The smallest absolute Gasteiger partial charge is 0.251 e. The maximum absolute atomic E-state index is 12.9. The lowest BCUT2D eigenvalue weighted by Crippen LogP contribution is -2.57. The van der Waals surface area contributed by atoms with Crippen LogP contribution in [0.25, 0.3) is 0 Å². The molecule has 3 N–H and O–H groups in total. The molecule has 0 bridgehead atoms. The number of aromatic nitrogens is 2. The van der Waals surface area contributed by atoms with Crippen molar-refractivity contribution in [2.45, 2.75) is 44.7 Å². The van der Waals surface area contributed by atoms with Crippen LogP contribution in [0.4, 0.5) is 0 Å². The predicted octanol–water partition coefficient (Wildman–Crippen LogP) is 1.59. The maximum Gasteiger partial charge on any atom is 0.251 e. The molecule has 0 unspecified atom stereocenters. The SMILES string of the molecule is CCOc1ccc(C(=O)N[C@H](C)C(=O)N2CCC3(CC2)NCCc2[nH]cnc23)cc1. The normalized spacial score (nSPS) is 18.5. The topological polar surface area (TPSA) is 99.4 Å². The summed E-state index contributed by atoms with van der Waals surface area (Å²) in [6, 6.07) is 6.35. The van der Waals surface area contributed by atoms with Crippen LogP contribution in [0.2, 0.25) is 0 Å². The van der Waals surface area contributed by atoms with Gasteiger partial charge < -0.3 is 25.3 Å². The maximum atomic E-state index is 12.9. The van der Waals surface area contributed by atoms with Gasteiger partial charge in [-0.15, -0.1) is 0 Å². The molecule has 0 saturated carbocycles. The largest absolute Gasteiger partial charge is 0.494 e. The van der Waals surface area contributed by atoms with E-state index in [1.165, 1.54) is 5.69 Å². The molecule has 1 aromatic heterocycles. The number of aromatic amines is 1. The number of piperidine rings is 1. The molecule has 2 aliphatic rings. The quantitative estimate of drug-likeness (QED) is 0.694. The number of imidazole rings is 1. The van der Waals surface area contributed by atoms with E-state index in [2.05, 4.69) is 20.6 Å². The number of likely N-dealkylation sites (tertiary alicyclic amines) is 1. The summed E-state index contributed by atoms with van der Waals surface area (Å²) in [6.45, 7) is 6.42. The molecule has 1 saturated heterocycles. The van der Waals surface area contributed by atoms with Gasteiger partial charge in [0.05, 0.1) is 24.2 Å². The first kappa shape index (κ1) is 20.4. The third kappa shape index (κ3) is 3.92. The van der Waals surface area contributed by atoms with Gasteiger partial charge in [-0.3, -0.25) is 9.59 Å². The fourth-order valence-electron chi connectivity index (χ4n) is 4.44. The number of ether oxygens (including phenoxy) is 1.